The van der Waals surface area contributed by atoms with Gasteiger partial charge < -0.3 is 24.3 Å². The molecule has 0 unspecified atom stereocenters. The van der Waals surface area contributed by atoms with Crippen molar-refractivity contribution in [2.45, 2.75) is 121 Å². The van der Waals surface area contributed by atoms with Gasteiger partial charge in [0.05, 0.1) is 5.60 Å². The molecule has 2 aliphatic carbocycles. The molecule has 4 aliphatic rings. The van der Waals surface area contributed by atoms with E-state index in [4.69, 9.17) is 18.9 Å². The van der Waals surface area contributed by atoms with Gasteiger partial charge in [-0.15, -0.1) is 0 Å². The van der Waals surface area contributed by atoms with Gasteiger partial charge in [-0.05, 0) is 73.3 Å². The molecule has 2 heterocycles. The van der Waals surface area contributed by atoms with Crippen molar-refractivity contribution in [3.8, 4) is 11.1 Å². The number of allylic oxidation sites excluding steroid dienone is 1. The highest BCUT2D eigenvalue weighted by Crippen LogP contribution is 2.50. The van der Waals surface area contributed by atoms with Crippen molar-refractivity contribution < 1.29 is 33.3 Å². The van der Waals surface area contributed by atoms with E-state index in [2.05, 4.69) is 61.3 Å². The topological polar surface area (TPSA) is 103 Å². The second-order valence-electron chi connectivity index (χ2n) is 14.6. The van der Waals surface area contributed by atoms with Gasteiger partial charge >= 0.3 is 18.0 Å². The molecule has 2 aliphatic heterocycles. The number of fused-ring (bicyclic) bond motifs is 6. The minimum atomic E-state index is -0.345. The zero-order valence-corrected chi connectivity index (χ0v) is 29.6. The number of rotatable bonds is 16. The first-order chi connectivity index (χ1) is 24.3. The summed E-state index contributed by atoms with van der Waals surface area (Å²) in [6.07, 6.45) is 14.9. The van der Waals surface area contributed by atoms with Crippen LogP contribution in [0.1, 0.15) is 114 Å². The fourth-order valence-electron chi connectivity index (χ4n) is 7.97. The lowest BCUT2D eigenvalue weighted by atomic mass is 9.84. The Morgan fingerprint density at radius 2 is 1.54 bits per heavy atom. The van der Waals surface area contributed by atoms with Gasteiger partial charge in [0.15, 0.2) is 0 Å². The second kappa shape index (κ2) is 16.9. The molecule has 0 radical (unpaired) electrons. The lowest BCUT2D eigenvalue weighted by molar-refractivity contribution is -0.143. The Bertz CT molecular complexity index is 1520. The summed E-state index contributed by atoms with van der Waals surface area (Å²) in [6, 6.07) is 16.7. The quantitative estimate of drug-likeness (QED) is 0.0471. The van der Waals surface area contributed by atoms with E-state index < -0.39 is 0 Å². The van der Waals surface area contributed by atoms with Crippen LogP contribution in [0.3, 0.4) is 0 Å². The van der Waals surface area contributed by atoms with E-state index in [0.29, 0.717) is 31.8 Å². The van der Waals surface area contributed by atoms with Gasteiger partial charge in [0.2, 0.25) is 0 Å². The summed E-state index contributed by atoms with van der Waals surface area (Å²) in [5.74, 6) is -0.430. The maximum Gasteiger partial charge on any atom is 0.407 e. The standard InChI is InChI=1S/C42H53NO7/c1-29-31-24-23-30(17-16-25-42(2)39(50-42)38(31)49-40(29)45)27-47-37(44)22-10-8-6-4-3-5-7-9-15-26-43-41(46)48-28-36-34-20-13-11-18-32(34)33-19-12-14-21-35(33)36/h11-14,17-21,31,36,38-39H,1,3-10,15-16,22-28H2,2H3,(H,43,46)/t31-,38-,39-,42+/m0/s1. The number of hydrogen-bond donors (Lipinski definition) is 1. The lowest BCUT2D eigenvalue weighted by Crippen LogP contribution is -2.29. The summed E-state index contributed by atoms with van der Waals surface area (Å²) in [5.41, 5.74) is 6.26. The van der Waals surface area contributed by atoms with Gasteiger partial charge in [0.1, 0.15) is 25.4 Å². The summed E-state index contributed by atoms with van der Waals surface area (Å²) in [4.78, 5) is 37.0. The van der Waals surface area contributed by atoms with Crippen LogP contribution in [-0.2, 0) is 28.5 Å². The maximum absolute atomic E-state index is 12.5. The molecule has 2 fully saturated rings. The summed E-state index contributed by atoms with van der Waals surface area (Å²) >= 11 is 0. The highest BCUT2D eigenvalue weighted by Gasteiger charge is 2.61. The molecule has 2 saturated heterocycles. The number of carbonyl (C=O) groups excluding carboxylic acids is 3. The Balaban J connectivity index is 0.758. The van der Waals surface area contributed by atoms with Gasteiger partial charge in [-0.1, -0.05) is 106 Å². The number of epoxide rings is 1. The molecule has 8 nitrogen and oxygen atoms in total. The first-order valence-corrected chi connectivity index (χ1v) is 18.8. The number of esters is 2. The largest absolute Gasteiger partial charge is 0.461 e. The van der Waals surface area contributed by atoms with Gasteiger partial charge in [0, 0.05) is 30.4 Å². The first kappa shape index (κ1) is 35.9. The molecule has 6 rings (SSSR count). The van der Waals surface area contributed by atoms with Crippen LogP contribution < -0.4 is 5.32 Å². The van der Waals surface area contributed by atoms with Crippen LogP contribution in [0.5, 0.6) is 0 Å². The lowest BCUT2D eigenvalue weighted by Gasteiger charge is -2.20. The van der Waals surface area contributed by atoms with Crippen LogP contribution in [0.15, 0.2) is 72.3 Å². The van der Waals surface area contributed by atoms with Crippen molar-refractivity contribution >= 4 is 18.0 Å². The Labute approximate surface area is 297 Å². The van der Waals surface area contributed by atoms with E-state index in [1.54, 1.807) is 0 Å². The van der Waals surface area contributed by atoms with E-state index in [1.807, 2.05) is 12.1 Å². The average Bonchev–Trinajstić information content (AvgIpc) is 3.57. The molecule has 0 aromatic heterocycles. The van der Waals surface area contributed by atoms with E-state index >= 15 is 0 Å². The number of nitrogens with one attached hydrogen (secondary N) is 1. The van der Waals surface area contributed by atoms with Crippen LogP contribution in [0.25, 0.3) is 11.1 Å². The molecule has 4 atom stereocenters. The molecule has 0 saturated carbocycles. The Morgan fingerprint density at radius 1 is 0.900 bits per heavy atom. The van der Waals surface area contributed by atoms with Crippen molar-refractivity contribution in [3.63, 3.8) is 0 Å². The van der Waals surface area contributed by atoms with Crippen molar-refractivity contribution in [3.05, 3.63) is 83.5 Å². The molecular formula is C42H53NO7. The third-order valence-electron chi connectivity index (χ3n) is 11.0. The van der Waals surface area contributed by atoms with Crippen LogP contribution in [0, 0.1) is 5.92 Å². The van der Waals surface area contributed by atoms with Crippen LogP contribution in [0.2, 0.25) is 0 Å². The minimum Gasteiger partial charge on any atom is -0.461 e. The first-order valence-electron chi connectivity index (χ1n) is 18.8. The molecule has 268 valence electrons. The van der Waals surface area contributed by atoms with Crippen LogP contribution in [0.4, 0.5) is 4.79 Å². The summed E-state index contributed by atoms with van der Waals surface area (Å²) in [7, 11) is 0. The predicted molar refractivity (Wildman–Crippen MR) is 193 cm³/mol. The number of alkyl carbamates (subject to hydrolysis) is 1. The predicted octanol–water partition coefficient (Wildman–Crippen LogP) is 8.73. The summed E-state index contributed by atoms with van der Waals surface area (Å²) in [6.45, 7) is 7.34. The molecule has 0 bridgehead atoms. The highest BCUT2D eigenvalue weighted by molar-refractivity contribution is 5.91. The number of carbonyl (C=O) groups is 3. The molecule has 2 aromatic rings. The molecule has 2 aromatic carbocycles. The van der Waals surface area contributed by atoms with Crippen molar-refractivity contribution in [1.82, 2.24) is 5.32 Å². The van der Waals surface area contributed by atoms with Crippen molar-refractivity contribution in [1.29, 1.82) is 0 Å². The monoisotopic (exact) mass is 683 g/mol. The number of benzene rings is 2. The fraction of sp³-hybridized carbons (Fsp3) is 0.548. The number of hydrogen-bond acceptors (Lipinski definition) is 7. The molecule has 50 heavy (non-hydrogen) atoms. The molecular weight excluding hydrogens is 630 g/mol. The fourth-order valence-corrected chi connectivity index (χ4v) is 7.97. The average molecular weight is 684 g/mol. The van der Waals surface area contributed by atoms with Gasteiger partial charge in [-0.3, -0.25) is 4.79 Å². The summed E-state index contributed by atoms with van der Waals surface area (Å²) in [5, 5.41) is 2.92. The highest BCUT2D eigenvalue weighted by atomic mass is 16.6. The van der Waals surface area contributed by atoms with Gasteiger partial charge in [0.25, 0.3) is 0 Å². The number of amides is 1. The minimum absolute atomic E-state index is 0.0507. The van der Waals surface area contributed by atoms with E-state index in [9.17, 15) is 14.4 Å². The molecule has 1 N–H and O–H groups in total. The smallest absolute Gasteiger partial charge is 0.407 e. The Kier molecular flexibility index (Phi) is 12.1. The number of unbranched alkanes of at least 4 members (excludes halogenated alkanes) is 8. The van der Waals surface area contributed by atoms with Crippen molar-refractivity contribution in [2.75, 3.05) is 19.8 Å². The SMILES string of the molecule is C=C1C(=O)O[C@H]2[C@H]1CCC(COC(=O)CCCCCCCCCCCNC(=O)OCC1c3ccccc3-c3ccccc31)=CCC[C@@]1(C)O[C@@H]21. The zero-order chi connectivity index (χ0) is 34.9. The maximum atomic E-state index is 12.5. The molecule has 1 amide bonds. The molecule has 0 spiro atoms. The second-order valence-corrected chi connectivity index (χ2v) is 14.6. The zero-order valence-electron chi connectivity index (χ0n) is 29.6. The van der Waals surface area contributed by atoms with Gasteiger partial charge in [-0.2, -0.15) is 0 Å². The normalized spacial score (nSPS) is 23.9. The number of ether oxygens (including phenoxy) is 4. The van der Waals surface area contributed by atoms with Gasteiger partial charge in [-0.25, -0.2) is 9.59 Å². The van der Waals surface area contributed by atoms with E-state index in [1.165, 1.54) is 41.5 Å². The Hall–Kier alpha value is -3.91. The Morgan fingerprint density at radius 3 is 2.24 bits per heavy atom. The van der Waals surface area contributed by atoms with Crippen LogP contribution in [-0.4, -0.2) is 55.6 Å². The molecule has 8 heteroatoms. The van der Waals surface area contributed by atoms with E-state index in [-0.39, 0.29) is 47.7 Å². The van der Waals surface area contributed by atoms with Crippen molar-refractivity contribution in [2.24, 2.45) is 5.92 Å². The van der Waals surface area contributed by atoms with E-state index in [0.717, 1.165) is 69.8 Å². The van der Waals surface area contributed by atoms with Crippen LogP contribution >= 0.6 is 0 Å². The third kappa shape index (κ3) is 8.87. The third-order valence-corrected chi connectivity index (χ3v) is 11.0. The summed E-state index contributed by atoms with van der Waals surface area (Å²) < 4.78 is 22.9.